The lowest BCUT2D eigenvalue weighted by molar-refractivity contribution is 0.0874. The molecule has 1 saturated heterocycles. The lowest BCUT2D eigenvalue weighted by Crippen LogP contribution is -2.37. The maximum absolute atomic E-state index is 13.8. The summed E-state index contributed by atoms with van der Waals surface area (Å²) in [5.41, 5.74) is 1.85. The summed E-state index contributed by atoms with van der Waals surface area (Å²) in [6.07, 6.45) is 3.84. The first-order chi connectivity index (χ1) is 15.2. The van der Waals surface area contributed by atoms with Crippen molar-refractivity contribution >= 4 is 11.9 Å². The second-order valence-electron chi connectivity index (χ2n) is 7.95. The van der Waals surface area contributed by atoms with E-state index in [1.165, 1.54) is 0 Å². The van der Waals surface area contributed by atoms with Gasteiger partial charge in [0, 0.05) is 17.7 Å². The van der Waals surface area contributed by atoms with Gasteiger partial charge in [-0.05, 0) is 22.8 Å². The number of hydrogen-bond donors (Lipinski definition) is 0. The molecule has 1 fully saturated rings. The van der Waals surface area contributed by atoms with Crippen LogP contribution >= 0.6 is 0 Å². The molecule has 0 amide bonds. The summed E-state index contributed by atoms with van der Waals surface area (Å²) in [5, 5.41) is 20.9. The lowest BCUT2D eigenvalue weighted by Gasteiger charge is -2.34. The number of nitriles is 2. The summed E-state index contributed by atoms with van der Waals surface area (Å²) in [6, 6.07) is 29.9. The molecule has 2 heterocycles. The fourth-order valence-electron chi connectivity index (χ4n) is 5.10. The highest BCUT2D eigenvalue weighted by atomic mass is 16.1. The zero-order chi connectivity index (χ0) is 21.4. The van der Waals surface area contributed by atoms with E-state index in [1.807, 2.05) is 90.0 Å². The number of fused-ring (bicyclic) bond motifs is 3. The molecule has 148 valence electrons. The first kappa shape index (κ1) is 18.9. The minimum absolute atomic E-state index is 0.0872. The highest BCUT2D eigenvalue weighted by Gasteiger charge is 2.63. The van der Waals surface area contributed by atoms with E-state index in [2.05, 4.69) is 12.1 Å². The second-order valence-corrected chi connectivity index (χ2v) is 7.95. The zero-order valence-electron chi connectivity index (χ0n) is 16.7. The van der Waals surface area contributed by atoms with Crippen LogP contribution in [-0.2, 0) is 0 Å². The van der Waals surface area contributed by atoms with Gasteiger partial charge in [-0.15, -0.1) is 0 Å². The maximum atomic E-state index is 13.8. The van der Waals surface area contributed by atoms with Crippen LogP contribution in [0.3, 0.4) is 0 Å². The van der Waals surface area contributed by atoms with Gasteiger partial charge in [-0.1, -0.05) is 84.9 Å². The van der Waals surface area contributed by atoms with Crippen LogP contribution in [0.4, 0.5) is 0 Å². The van der Waals surface area contributed by atoms with Crippen molar-refractivity contribution in [2.75, 3.05) is 0 Å². The average Bonchev–Trinajstić information content (AvgIpc) is 3.15. The van der Waals surface area contributed by atoms with E-state index in [9.17, 15) is 15.3 Å². The molecule has 0 bridgehead atoms. The van der Waals surface area contributed by atoms with Crippen molar-refractivity contribution in [1.29, 1.82) is 10.5 Å². The Labute approximate surface area is 181 Å². The van der Waals surface area contributed by atoms with Gasteiger partial charge >= 0.3 is 0 Å². The number of ketones is 1. The van der Waals surface area contributed by atoms with Gasteiger partial charge in [-0.2, -0.15) is 10.5 Å². The molecule has 0 spiro atoms. The fourth-order valence-corrected chi connectivity index (χ4v) is 5.10. The van der Waals surface area contributed by atoms with E-state index in [4.69, 9.17) is 0 Å². The Bertz CT molecular complexity index is 1240. The van der Waals surface area contributed by atoms with Crippen LogP contribution in [0.15, 0.2) is 91.1 Å². The molecule has 5 rings (SSSR count). The molecule has 0 aromatic heterocycles. The van der Waals surface area contributed by atoms with Crippen molar-refractivity contribution in [1.82, 2.24) is 4.90 Å². The lowest BCUT2D eigenvalue weighted by atomic mass is 9.67. The molecule has 2 aliphatic heterocycles. The first-order valence-corrected chi connectivity index (χ1v) is 10.2. The summed E-state index contributed by atoms with van der Waals surface area (Å²) in [4.78, 5) is 15.8. The minimum atomic E-state index is -1.42. The van der Waals surface area contributed by atoms with Crippen molar-refractivity contribution in [3.05, 3.63) is 113 Å². The Morgan fingerprint density at radius 2 is 1.45 bits per heavy atom. The van der Waals surface area contributed by atoms with Gasteiger partial charge in [0.2, 0.25) is 0 Å². The molecule has 0 N–H and O–H groups in total. The van der Waals surface area contributed by atoms with E-state index < -0.39 is 23.4 Å². The molecule has 3 aromatic carbocycles. The van der Waals surface area contributed by atoms with Crippen LogP contribution < -0.4 is 0 Å². The van der Waals surface area contributed by atoms with Crippen molar-refractivity contribution in [3.63, 3.8) is 0 Å². The zero-order valence-corrected chi connectivity index (χ0v) is 16.7. The third kappa shape index (κ3) is 2.70. The van der Waals surface area contributed by atoms with Gasteiger partial charge in [0.25, 0.3) is 0 Å². The van der Waals surface area contributed by atoms with Crippen LogP contribution in [0.25, 0.3) is 6.08 Å². The third-order valence-electron chi connectivity index (χ3n) is 6.43. The van der Waals surface area contributed by atoms with Crippen LogP contribution in [-0.4, -0.2) is 16.7 Å². The SMILES string of the molecule is N#CC1(C#N)C(c2ccccc2)C(C(=O)c2ccccc2)N2C=Cc3ccccc3C21. The monoisotopic (exact) mass is 401 g/mol. The largest absolute Gasteiger partial charge is 0.357 e. The average molecular weight is 401 g/mol. The molecule has 0 aliphatic carbocycles. The van der Waals surface area contributed by atoms with E-state index in [1.54, 1.807) is 12.1 Å². The van der Waals surface area contributed by atoms with Gasteiger partial charge in [-0.25, -0.2) is 0 Å². The molecular weight excluding hydrogens is 382 g/mol. The minimum Gasteiger partial charge on any atom is -0.357 e. The van der Waals surface area contributed by atoms with Gasteiger partial charge < -0.3 is 4.90 Å². The molecule has 3 aromatic rings. The smallest absolute Gasteiger partial charge is 0.185 e. The van der Waals surface area contributed by atoms with E-state index in [-0.39, 0.29) is 5.78 Å². The predicted octanol–water partition coefficient (Wildman–Crippen LogP) is 5.10. The van der Waals surface area contributed by atoms with Crippen LogP contribution in [0.2, 0.25) is 0 Å². The van der Waals surface area contributed by atoms with E-state index in [0.717, 1.165) is 16.7 Å². The first-order valence-electron chi connectivity index (χ1n) is 10.2. The Hall–Kier alpha value is -4.15. The number of nitrogens with zero attached hydrogens (tertiary/aromatic N) is 3. The molecular formula is C27H19N3O. The summed E-state index contributed by atoms with van der Waals surface area (Å²) in [6.45, 7) is 0. The predicted molar refractivity (Wildman–Crippen MR) is 117 cm³/mol. The van der Waals surface area contributed by atoms with Crippen molar-refractivity contribution < 1.29 is 4.79 Å². The molecule has 4 heteroatoms. The van der Waals surface area contributed by atoms with Gasteiger partial charge in [0.05, 0.1) is 18.2 Å². The topological polar surface area (TPSA) is 67.9 Å². The third-order valence-corrected chi connectivity index (χ3v) is 6.43. The summed E-state index contributed by atoms with van der Waals surface area (Å²) in [7, 11) is 0. The van der Waals surface area contributed by atoms with Crippen LogP contribution in [0.1, 0.15) is 39.0 Å². The second kappa shape index (κ2) is 7.27. The molecule has 4 nitrogen and oxygen atoms in total. The molecule has 0 saturated carbocycles. The number of benzene rings is 3. The number of carbonyl (C=O) groups excluding carboxylic acids is 1. The summed E-state index contributed by atoms with van der Waals surface area (Å²) >= 11 is 0. The molecule has 3 atom stereocenters. The standard InChI is InChI=1S/C27H19N3O/c28-17-27(18-29)23(20-10-3-1-4-11-20)24(25(31)21-12-5-2-6-13-21)30-16-15-19-9-7-8-14-22(19)26(27)30/h1-16,23-24,26H. The molecule has 0 radical (unpaired) electrons. The summed E-state index contributed by atoms with van der Waals surface area (Å²) < 4.78 is 0. The van der Waals surface area contributed by atoms with Gasteiger partial charge in [-0.3, -0.25) is 4.79 Å². The number of carbonyl (C=O) groups is 1. The summed E-state index contributed by atoms with van der Waals surface area (Å²) in [5.74, 6) is -0.687. The Morgan fingerprint density at radius 1 is 0.839 bits per heavy atom. The Kier molecular flexibility index (Phi) is 4.42. The van der Waals surface area contributed by atoms with Crippen LogP contribution in [0, 0.1) is 28.1 Å². The molecule has 2 aliphatic rings. The van der Waals surface area contributed by atoms with Crippen LogP contribution in [0.5, 0.6) is 0 Å². The number of rotatable bonds is 3. The maximum Gasteiger partial charge on any atom is 0.185 e. The highest BCUT2D eigenvalue weighted by molar-refractivity contribution is 6.01. The quantitative estimate of drug-likeness (QED) is 0.573. The Balaban J connectivity index is 1.78. The fraction of sp³-hybridized carbons (Fsp3) is 0.148. The van der Waals surface area contributed by atoms with E-state index >= 15 is 0 Å². The molecule has 31 heavy (non-hydrogen) atoms. The highest BCUT2D eigenvalue weighted by Crippen LogP contribution is 2.59. The van der Waals surface area contributed by atoms with Gasteiger partial charge in [0.1, 0.15) is 6.04 Å². The van der Waals surface area contributed by atoms with Crippen molar-refractivity contribution in [3.8, 4) is 12.1 Å². The Morgan fingerprint density at radius 3 is 2.13 bits per heavy atom. The normalized spacial score (nSPS) is 22.6. The van der Waals surface area contributed by atoms with Gasteiger partial charge in [0.15, 0.2) is 11.2 Å². The number of Topliss-reactive ketones (excluding diaryl/α,β-unsaturated/α-hetero) is 1. The van der Waals surface area contributed by atoms with Crippen molar-refractivity contribution in [2.45, 2.75) is 18.0 Å². The van der Waals surface area contributed by atoms with E-state index in [0.29, 0.717) is 5.56 Å². The number of hydrogen-bond acceptors (Lipinski definition) is 4. The van der Waals surface area contributed by atoms with Crippen molar-refractivity contribution in [2.24, 2.45) is 5.41 Å². The molecule has 3 unspecified atom stereocenters.